The summed E-state index contributed by atoms with van der Waals surface area (Å²) in [5.74, 6) is 0.211. The summed E-state index contributed by atoms with van der Waals surface area (Å²) in [5, 5.41) is 9.93. The Bertz CT molecular complexity index is 701. The van der Waals surface area contributed by atoms with E-state index in [4.69, 9.17) is 11.6 Å². The lowest BCUT2D eigenvalue weighted by atomic mass is 9.78. The molecule has 6 heteroatoms. The van der Waals surface area contributed by atoms with Gasteiger partial charge in [-0.1, -0.05) is 23.7 Å². The zero-order valence-electron chi connectivity index (χ0n) is 14.2. The minimum atomic E-state index is -0.847. The van der Waals surface area contributed by atoms with E-state index in [1.807, 2.05) is 29.2 Å². The number of hydrogen-bond donors (Lipinski definition) is 1. The van der Waals surface area contributed by atoms with Gasteiger partial charge in [0.05, 0.1) is 5.41 Å². The molecule has 1 N–H and O–H groups in total. The van der Waals surface area contributed by atoms with Gasteiger partial charge in [0.15, 0.2) is 0 Å². The van der Waals surface area contributed by atoms with Crippen molar-refractivity contribution in [2.24, 2.45) is 5.41 Å². The van der Waals surface area contributed by atoms with Gasteiger partial charge in [-0.25, -0.2) is 4.79 Å². The predicted octanol–water partition coefficient (Wildman–Crippen LogP) is 3.36. The minimum Gasteiger partial charge on any atom is -0.465 e. The van der Waals surface area contributed by atoms with Gasteiger partial charge in [-0.3, -0.25) is 4.79 Å². The van der Waals surface area contributed by atoms with Gasteiger partial charge in [0.2, 0.25) is 5.91 Å². The maximum absolute atomic E-state index is 13.3. The van der Waals surface area contributed by atoms with Crippen molar-refractivity contribution in [2.75, 3.05) is 26.2 Å². The van der Waals surface area contributed by atoms with Gasteiger partial charge in [-0.05, 0) is 49.8 Å². The molecule has 1 aromatic carbocycles. The van der Waals surface area contributed by atoms with Gasteiger partial charge >= 0.3 is 6.09 Å². The lowest BCUT2D eigenvalue weighted by molar-refractivity contribution is -0.137. The quantitative estimate of drug-likeness (QED) is 0.877. The predicted molar refractivity (Wildman–Crippen MR) is 94.8 cm³/mol. The number of halogens is 1. The first-order chi connectivity index (χ1) is 11.9. The van der Waals surface area contributed by atoms with Crippen LogP contribution in [0.2, 0.25) is 5.02 Å². The fraction of sp³-hybridized carbons (Fsp3) is 0.579. The van der Waals surface area contributed by atoms with Crippen LogP contribution in [0, 0.1) is 5.41 Å². The molecule has 1 unspecified atom stereocenters. The third-order valence-electron chi connectivity index (χ3n) is 6.21. The molecule has 3 fully saturated rings. The SMILES string of the molecule is O=C(O)N1CCC2(CCCN(C(=O)C3(c4ccc(Cl)cc4)CC3)C2)C1. The number of piperidine rings is 1. The van der Waals surface area contributed by atoms with Gasteiger partial charge < -0.3 is 14.9 Å². The first kappa shape index (κ1) is 16.7. The number of carbonyl (C=O) groups is 2. The second kappa shape index (κ2) is 5.90. The van der Waals surface area contributed by atoms with Crippen molar-refractivity contribution in [3.05, 3.63) is 34.9 Å². The average Bonchev–Trinajstić information content (AvgIpc) is 3.31. The summed E-state index contributed by atoms with van der Waals surface area (Å²) in [7, 11) is 0. The summed E-state index contributed by atoms with van der Waals surface area (Å²) in [6.07, 6.45) is 3.75. The molecule has 25 heavy (non-hydrogen) atoms. The molecule has 2 saturated heterocycles. The van der Waals surface area contributed by atoms with Crippen molar-refractivity contribution in [1.29, 1.82) is 0 Å². The number of carboxylic acid groups (broad SMARTS) is 1. The number of nitrogens with zero attached hydrogens (tertiary/aromatic N) is 2. The van der Waals surface area contributed by atoms with Crippen LogP contribution in [-0.2, 0) is 10.2 Å². The Kier molecular flexibility index (Phi) is 3.95. The van der Waals surface area contributed by atoms with E-state index in [-0.39, 0.29) is 16.7 Å². The fourth-order valence-electron chi connectivity index (χ4n) is 4.64. The fourth-order valence-corrected chi connectivity index (χ4v) is 4.76. The lowest BCUT2D eigenvalue weighted by Gasteiger charge is -2.41. The van der Waals surface area contributed by atoms with Gasteiger partial charge in [0, 0.05) is 36.6 Å². The molecule has 1 aliphatic carbocycles. The highest BCUT2D eigenvalue weighted by atomic mass is 35.5. The van der Waals surface area contributed by atoms with Crippen molar-refractivity contribution >= 4 is 23.6 Å². The molecule has 2 aliphatic heterocycles. The van der Waals surface area contributed by atoms with Crippen LogP contribution in [0.4, 0.5) is 4.79 Å². The summed E-state index contributed by atoms with van der Waals surface area (Å²) in [6, 6.07) is 7.64. The second-order valence-corrected chi connectivity index (χ2v) is 8.31. The van der Waals surface area contributed by atoms with E-state index in [0.29, 0.717) is 24.7 Å². The van der Waals surface area contributed by atoms with E-state index in [0.717, 1.165) is 44.2 Å². The molecule has 5 nitrogen and oxygen atoms in total. The molecular formula is C19H23ClN2O3. The second-order valence-electron chi connectivity index (χ2n) is 7.87. The summed E-state index contributed by atoms with van der Waals surface area (Å²) in [5.41, 5.74) is 0.622. The highest BCUT2D eigenvalue weighted by Gasteiger charge is 2.54. The van der Waals surface area contributed by atoms with Gasteiger partial charge in [0.25, 0.3) is 0 Å². The van der Waals surface area contributed by atoms with Crippen molar-refractivity contribution in [2.45, 2.75) is 37.5 Å². The molecule has 2 amide bonds. The van der Waals surface area contributed by atoms with Crippen LogP contribution in [0.3, 0.4) is 0 Å². The number of amides is 2. The first-order valence-electron chi connectivity index (χ1n) is 8.98. The molecule has 2 heterocycles. The molecule has 4 rings (SSSR count). The highest BCUT2D eigenvalue weighted by molar-refractivity contribution is 6.30. The number of likely N-dealkylation sites (tertiary alicyclic amines) is 2. The van der Waals surface area contributed by atoms with Crippen molar-refractivity contribution < 1.29 is 14.7 Å². The standard InChI is InChI=1S/C19H23ClN2O3/c20-15-4-2-14(3-5-15)19(7-8-19)16(23)21-10-1-6-18(12-21)9-11-22(13-18)17(24)25/h2-5H,1,6-13H2,(H,24,25). The number of carbonyl (C=O) groups excluding carboxylic acids is 1. The number of rotatable bonds is 2. The van der Waals surface area contributed by atoms with E-state index < -0.39 is 6.09 Å². The summed E-state index contributed by atoms with van der Waals surface area (Å²) < 4.78 is 0. The van der Waals surface area contributed by atoms with Crippen LogP contribution in [-0.4, -0.2) is 53.1 Å². The van der Waals surface area contributed by atoms with Crippen LogP contribution >= 0.6 is 11.6 Å². The van der Waals surface area contributed by atoms with Crippen LogP contribution in [0.25, 0.3) is 0 Å². The third kappa shape index (κ3) is 2.88. The van der Waals surface area contributed by atoms with Gasteiger partial charge in [-0.15, -0.1) is 0 Å². The average molecular weight is 363 g/mol. The van der Waals surface area contributed by atoms with E-state index in [1.54, 1.807) is 0 Å². The van der Waals surface area contributed by atoms with Crippen LogP contribution in [0.1, 0.15) is 37.7 Å². The lowest BCUT2D eigenvalue weighted by Crippen LogP contribution is -2.50. The summed E-state index contributed by atoms with van der Waals surface area (Å²) in [6.45, 7) is 2.60. The zero-order chi connectivity index (χ0) is 17.7. The normalized spacial score (nSPS) is 27.6. The smallest absolute Gasteiger partial charge is 0.407 e. The molecule has 134 valence electrons. The Labute approximate surface area is 152 Å². The van der Waals surface area contributed by atoms with Crippen molar-refractivity contribution in [3.8, 4) is 0 Å². The van der Waals surface area contributed by atoms with E-state index in [9.17, 15) is 14.7 Å². The maximum atomic E-state index is 13.3. The first-order valence-corrected chi connectivity index (χ1v) is 9.35. The molecule has 1 saturated carbocycles. The maximum Gasteiger partial charge on any atom is 0.407 e. The number of hydrogen-bond acceptors (Lipinski definition) is 2. The Morgan fingerprint density at radius 1 is 0.960 bits per heavy atom. The van der Waals surface area contributed by atoms with E-state index in [1.165, 1.54) is 4.90 Å². The Balaban J connectivity index is 1.51. The zero-order valence-corrected chi connectivity index (χ0v) is 15.0. The van der Waals surface area contributed by atoms with E-state index >= 15 is 0 Å². The van der Waals surface area contributed by atoms with Crippen LogP contribution in [0.5, 0.6) is 0 Å². The Hall–Kier alpha value is -1.75. The minimum absolute atomic E-state index is 0.0532. The Morgan fingerprint density at radius 2 is 1.64 bits per heavy atom. The van der Waals surface area contributed by atoms with Crippen LogP contribution < -0.4 is 0 Å². The molecule has 0 aromatic heterocycles. The molecular weight excluding hydrogens is 340 g/mol. The van der Waals surface area contributed by atoms with Crippen LogP contribution in [0.15, 0.2) is 24.3 Å². The Morgan fingerprint density at radius 3 is 2.24 bits per heavy atom. The third-order valence-corrected chi connectivity index (χ3v) is 6.47. The molecule has 3 aliphatic rings. The molecule has 1 spiro atoms. The molecule has 1 aromatic rings. The summed E-state index contributed by atoms with van der Waals surface area (Å²) >= 11 is 5.98. The molecule has 0 bridgehead atoms. The molecule has 1 atom stereocenters. The van der Waals surface area contributed by atoms with Gasteiger partial charge in [-0.2, -0.15) is 0 Å². The van der Waals surface area contributed by atoms with Gasteiger partial charge in [0.1, 0.15) is 0 Å². The monoisotopic (exact) mass is 362 g/mol. The molecule has 0 radical (unpaired) electrons. The summed E-state index contributed by atoms with van der Waals surface area (Å²) in [4.78, 5) is 28.0. The largest absolute Gasteiger partial charge is 0.465 e. The number of benzene rings is 1. The van der Waals surface area contributed by atoms with E-state index in [2.05, 4.69) is 0 Å². The topological polar surface area (TPSA) is 60.9 Å². The highest BCUT2D eigenvalue weighted by Crippen LogP contribution is 2.51. The van der Waals surface area contributed by atoms with Crippen molar-refractivity contribution in [3.63, 3.8) is 0 Å². The van der Waals surface area contributed by atoms with Crippen molar-refractivity contribution in [1.82, 2.24) is 9.80 Å².